The molecule has 1 aliphatic rings. The molecule has 15 heavy (non-hydrogen) atoms. The van der Waals surface area contributed by atoms with E-state index in [1.807, 2.05) is 0 Å². The van der Waals surface area contributed by atoms with Gasteiger partial charge in [0.15, 0.2) is 0 Å². The number of amides is 1. The summed E-state index contributed by atoms with van der Waals surface area (Å²) in [7, 11) is 1.64. The van der Waals surface area contributed by atoms with Crippen LogP contribution >= 0.6 is 0 Å². The Balaban J connectivity index is 2.60. The molecule has 84 valence electrons. The lowest BCUT2D eigenvalue weighted by Crippen LogP contribution is -2.39. The highest BCUT2D eigenvalue weighted by molar-refractivity contribution is 5.79. The van der Waals surface area contributed by atoms with E-state index >= 15 is 0 Å². The molecule has 0 spiro atoms. The number of carbonyl (C=O) groups is 1. The highest BCUT2D eigenvalue weighted by atomic mass is 16.5. The zero-order valence-corrected chi connectivity index (χ0v) is 9.40. The third-order valence-electron chi connectivity index (χ3n) is 2.76. The van der Waals surface area contributed by atoms with Crippen LogP contribution in [0, 0.1) is 17.2 Å². The maximum atomic E-state index is 11.7. The van der Waals surface area contributed by atoms with Crippen molar-refractivity contribution in [3.8, 4) is 6.07 Å². The van der Waals surface area contributed by atoms with Crippen molar-refractivity contribution < 1.29 is 9.53 Å². The maximum absolute atomic E-state index is 11.7. The average molecular weight is 210 g/mol. The lowest BCUT2D eigenvalue weighted by Gasteiger charge is -2.26. The fourth-order valence-corrected chi connectivity index (χ4v) is 2.03. The van der Waals surface area contributed by atoms with E-state index in [1.165, 1.54) is 0 Å². The fourth-order valence-electron chi connectivity index (χ4n) is 2.03. The van der Waals surface area contributed by atoms with Crippen LogP contribution in [-0.4, -0.2) is 37.1 Å². The smallest absolute Gasteiger partial charge is 0.224 e. The van der Waals surface area contributed by atoms with Crippen molar-refractivity contribution >= 4 is 5.91 Å². The molecule has 0 aliphatic carbocycles. The standard InChI is InChI=1S/C11H18N2O2/c1-3-4-10(8-15-2)13-7-9(6-12)5-11(13)14/h9-10H,3-5,7-8H2,1-2H3. The third-order valence-corrected chi connectivity index (χ3v) is 2.76. The second-order valence-electron chi connectivity index (χ2n) is 3.97. The molecule has 0 N–H and O–H groups in total. The molecule has 1 aliphatic heterocycles. The molecule has 2 unspecified atom stereocenters. The molecular formula is C11H18N2O2. The fraction of sp³-hybridized carbons (Fsp3) is 0.818. The third kappa shape index (κ3) is 2.93. The summed E-state index contributed by atoms with van der Waals surface area (Å²) in [6.07, 6.45) is 2.34. The zero-order chi connectivity index (χ0) is 11.3. The average Bonchev–Trinajstić information content (AvgIpc) is 2.59. The lowest BCUT2D eigenvalue weighted by atomic mass is 10.1. The van der Waals surface area contributed by atoms with Gasteiger partial charge in [-0.1, -0.05) is 13.3 Å². The van der Waals surface area contributed by atoms with Gasteiger partial charge in [-0.05, 0) is 6.42 Å². The Morgan fingerprint density at radius 2 is 2.47 bits per heavy atom. The van der Waals surface area contributed by atoms with E-state index in [1.54, 1.807) is 12.0 Å². The van der Waals surface area contributed by atoms with Crippen LogP contribution in [-0.2, 0) is 9.53 Å². The van der Waals surface area contributed by atoms with Crippen LogP contribution in [0.4, 0.5) is 0 Å². The van der Waals surface area contributed by atoms with Crippen molar-refractivity contribution in [1.29, 1.82) is 5.26 Å². The molecule has 2 atom stereocenters. The van der Waals surface area contributed by atoms with Crippen LogP contribution in [0.2, 0.25) is 0 Å². The number of carbonyl (C=O) groups excluding carboxylic acids is 1. The number of nitrogens with zero attached hydrogens (tertiary/aromatic N) is 2. The van der Waals surface area contributed by atoms with E-state index in [2.05, 4.69) is 13.0 Å². The van der Waals surface area contributed by atoms with Crippen molar-refractivity contribution in [3.63, 3.8) is 0 Å². The highest BCUT2D eigenvalue weighted by Crippen LogP contribution is 2.21. The van der Waals surface area contributed by atoms with Crippen LogP contribution in [0.3, 0.4) is 0 Å². The molecule has 4 nitrogen and oxygen atoms in total. The molecule has 0 aromatic rings. The van der Waals surface area contributed by atoms with Gasteiger partial charge in [0.2, 0.25) is 5.91 Å². The largest absolute Gasteiger partial charge is 0.383 e. The molecule has 1 amide bonds. The number of ether oxygens (including phenoxy) is 1. The molecule has 0 aromatic carbocycles. The Bertz CT molecular complexity index is 254. The molecule has 1 saturated heterocycles. The number of hydrogen-bond donors (Lipinski definition) is 0. The van der Waals surface area contributed by atoms with Crippen molar-refractivity contribution in [2.75, 3.05) is 20.3 Å². The molecule has 1 fully saturated rings. The summed E-state index contributed by atoms with van der Waals surface area (Å²) in [6, 6.07) is 2.30. The van der Waals surface area contributed by atoms with Gasteiger partial charge in [0.25, 0.3) is 0 Å². The Morgan fingerprint density at radius 1 is 1.73 bits per heavy atom. The van der Waals surface area contributed by atoms with Gasteiger partial charge in [-0.3, -0.25) is 4.79 Å². The number of nitriles is 1. The summed E-state index contributed by atoms with van der Waals surface area (Å²) in [5.41, 5.74) is 0. The predicted molar refractivity (Wildman–Crippen MR) is 56.0 cm³/mol. The van der Waals surface area contributed by atoms with Gasteiger partial charge in [0, 0.05) is 20.1 Å². The first-order valence-corrected chi connectivity index (χ1v) is 5.41. The zero-order valence-electron chi connectivity index (χ0n) is 9.40. The van der Waals surface area contributed by atoms with Crippen LogP contribution < -0.4 is 0 Å². The SMILES string of the molecule is CCCC(COC)N1CC(C#N)CC1=O. The van der Waals surface area contributed by atoms with Gasteiger partial charge in [-0.25, -0.2) is 0 Å². The molecule has 0 saturated carbocycles. The van der Waals surface area contributed by atoms with Crippen molar-refractivity contribution in [2.45, 2.75) is 32.2 Å². The first-order chi connectivity index (χ1) is 7.22. The summed E-state index contributed by atoms with van der Waals surface area (Å²) in [4.78, 5) is 13.5. The summed E-state index contributed by atoms with van der Waals surface area (Å²) in [5.74, 6) is -0.0363. The minimum absolute atomic E-state index is 0.0945. The molecule has 0 bridgehead atoms. The summed E-state index contributed by atoms with van der Waals surface area (Å²) in [6.45, 7) is 3.23. The number of methoxy groups -OCH3 is 1. The lowest BCUT2D eigenvalue weighted by molar-refractivity contribution is -0.130. The minimum atomic E-state index is -0.131. The van der Waals surface area contributed by atoms with Gasteiger partial charge in [0.1, 0.15) is 0 Å². The molecule has 1 heterocycles. The normalized spacial score (nSPS) is 22.9. The van der Waals surface area contributed by atoms with E-state index in [0.29, 0.717) is 19.6 Å². The van der Waals surface area contributed by atoms with Crippen LogP contribution in [0.15, 0.2) is 0 Å². The number of likely N-dealkylation sites (tertiary alicyclic amines) is 1. The topological polar surface area (TPSA) is 53.3 Å². The van der Waals surface area contributed by atoms with Gasteiger partial charge in [-0.2, -0.15) is 5.26 Å². The summed E-state index contributed by atoms with van der Waals surface area (Å²) >= 11 is 0. The summed E-state index contributed by atoms with van der Waals surface area (Å²) in [5, 5.41) is 8.78. The predicted octanol–water partition coefficient (Wildman–Crippen LogP) is 1.17. The Hall–Kier alpha value is -1.08. The number of hydrogen-bond acceptors (Lipinski definition) is 3. The van der Waals surface area contributed by atoms with E-state index in [9.17, 15) is 4.79 Å². The Morgan fingerprint density at radius 3 is 2.93 bits per heavy atom. The van der Waals surface area contributed by atoms with E-state index in [4.69, 9.17) is 10.00 Å². The molecular weight excluding hydrogens is 192 g/mol. The van der Waals surface area contributed by atoms with E-state index < -0.39 is 0 Å². The minimum Gasteiger partial charge on any atom is -0.383 e. The van der Waals surface area contributed by atoms with E-state index in [0.717, 1.165) is 12.8 Å². The maximum Gasteiger partial charge on any atom is 0.224 e. The highest BCUT2D eigenvalue weighted by Gasteiger charge is 2.33. The molecule has 1 rings (SSSR count). The van der Waals surface area contributed by atoms with Gasteiger partial charge < -0.3 is 9.64 Å². The van der Waals surface area contributed by atoms with Crippen LogP contribution in [0.5, 0.6) is 0 Å². The van der Waals surface area contributed by atoms with E-state index in [-0.39, 0.29) is 17.9 Å². The second kappa shape index (κ2) is 5.72. The second-order valence-corrected chi connectivity index (χ2v) is 3.97. The van der Waals surface area contributed by atoms with Crippen LogP contribution in [0.25, 0.3) is 0 Å². The van der Waals surface area contributed by atoms with Crippen LogP contribution in [0.1, 0.15) is 26.2 Å². The van der Waals surface area contributed by atoms with Crippen molar-refractivity contribution in [1.82, 2.24) is 4.90 Å². The quantitative estimate of drug-likeness (QED) is 0.684. The molecule has 4 heteroatoms. The van der Waals surface area contributed by atoms with Crippen molar-refractivity contribution in [3.05, 3.63) is 0 Å². The first-order valence-electron chi connectivity index (χ1n) is 5.41. The number of rotatable bonds is 5. The Labute approximate surface area is 90.8 Å². The van der Waals surface area contributed by atoms with Crippen molar-refractivity contribution in [2.24, 2.45) is 5.92 Å². The Kier molecular flexibility index (Phi) is 4.57. The first kappa shape index (κ1) is 12.0. The van der Waals surface area contributed by atoms with Gasteiger partial charge >= 0.3 is 0 Å². The van der Waals surface area contributed by atoms with Gasteiger partial charge in [-0.15, -0.1) is 0 Å². The molecule has 0 aromatic heterocycles. The van der Waals surface area contributed by atoms with Gasteiger partial charge in [0.05, 0.1) is 24.6 Å². The summed E-state index contributed by atoms with van der Waals surface area (Å²) < 4.78 is 5.11. The monoisotopic (exact) mass is 210 g/mol. The molecule has 0 radical (unpaired) electrons.